The first-order valence-corrected chi connectivity index (χ1v) is 21.7. The minimum atomic E-state index is -8.72. The highest BCUT2D eigenvalue weighted by Crippen LogP contribution is 2.64. The topological polar surface area (TPSA) is 106 Å². The quantitative estimate of drug-likeness (QED) is 0.0242. The maximum atomic E-state index is 15.0. The number of allylic oxidation sites excluding steroid dienone is 1. The van der Waals surface area contributed by atoms with Crippen molar-refractivity contribution in [1.29, 1.82) is 0 Å². The molecule has 28 heteroatoms. The van der Waals surface area contributed by atoms with Gasteiger partial charge in [-0.2, -0.15) is 74.6 Å². The smallest absolute Gasteiger partial charge is 0.460 e. The third-order valence-electron chi connectivity index (χ3n) is 10.6. The highest BCUT2D eigenvalue weighted by atomic mass is 28.4. The van der Waals surface area contributed by atoms with E-state index in [1.54, 1.807) is 6.92 Å². The second kappa shape index (κ2) is 21.4. The molecule has 2 atom stereocenters. The van der Waals surface area contributed by atoms with Crippen LogP contribution in [0.25, 0.3) is 0 Å². The number of halogens is 19. The number of anilines is 1. The van der Waals surface area contributed by atoms with Crippen molar-refractivity contribution in [3.8, 4) is 5.75 Å². The number of ether oxygens (including phenoxy) is 2. The molecular weight excluding hydrogens is 981 g/mol. The van der Waals surface area contributed by atoms with E-state index < -0.39 is 134 Å². The fraction of sp³-hybridized carbons (Fsp3) is 0.590. The molecule has 0 bridgehead atoms. The second-order valence-corrected chi connectivity index (χ2v) is 20.7. The molecular formula is C39H43F19N2O6Si. The van der Waals surface area contributed by atoms with Gasteiger partial charge in [-0.25, -0.2) is 19.1 Å². The molecule has 3 N–H and O–H groups in total. The molecule has 0 aliphatic heterocycles. The van der Waals surface area contributed by atoms with Gasteiger partial charge in [0.15, 0.2) is 8.32 Å². The van der Waals surface area contributed by atoms with Crippen LogP contribution in [0.1, 0.15) is 65.5 Å². The van der Waals surface area contributed by atoms with Gasteiger partial charge in [0.05, 0.1) is 12.3 Å². The van der Waals surface area contributed by atoms with Crippen LogP contribution in [0, 0.1) is 17.6 Å². The van der Waals surface area contributed by atoms with Crippen molar-refractivity contribution in [2.45, 2.75) is 125 Å². The number of rotatable bonds is 24. The monoisotopic (exact) mass is 1020 g/mol. The Morgan fingerprint density at radius 3 is 1.69 bits per heavy atom. The van der Waals surface area contributed by atoms with Crippen molar-refractivity contribution >= 4 is 26.0 Å². The van der Waals surface area contributed by atoms with Crippen LogP contribution in [0.3, 0.4) is 0 Å². The highest BCUT2D eigenvalue weighted by molar-refractivity contribution is 6.76. The van der Waals surface area contributed by atoms with Gasteiger partial charge in [-0.15, -0.1) is 0 Å². The fourth-order valence-electron chi connectivity index (χ4n) is 6.60. The van der Waals surface area contributed by atoms with E-state index in [-0.39, 0.29) is 18.6 Å². The van der Waals surface area contributed by atoms with Crippen LogP contribution in [-0.2, 0) is 14.0 Å². The van der Waals surface area contributed by atoms with Gasteiger partial charge in [-0.1, -0.05) is 52.8 Å². The Bertz CT molecular complexity index is 1990. The number of hydrogen-bond acceptors (Lipinski definition) is 6. The molecule has 0 unspecified atom stereocenters. The molecule has 8 nitrogen and oxygen atoms in total. The van der Waals surface area contributed by atoms with Gasteiger partial charge in [0.2, 0.25) is 0 Å². The number of nitrogens with one attached hydrogen (secondary N) is 2. The summed E-state index contributed by atoms with van der Waals surface area (Å²) in [4.78, 5) is 24.1. The minimum Gasteiger partial charge on any atom is -0.491 e. The van der Waals surface area contributed by atoms with Crippen molar-refractivity contribution in [3.05, 3.63) is 71.8 Å². The Kier molecular flexibility index (Phi) is 18.8. The zero-order valence-corrected chi connectivity index (χ0v) is 36.4. The number of carbonyl (C=O) groups excluding carboxylic acids is 2. The molecule has 2 aromatic carbocycles. The predicted molar refractivity (Wildman–Crippen MR) is 201 cm³/mol. The minimum absolute atomic E-state index is 0.0422. The molecule has 2 rings (SSSR count). The summed E-state index contributed by atoms with van der Waals surface area (Å²) in [6.07, 6.45) is -9.87. The van der Waals surface area contributed by atoms with Crippen LogP contribution < -0.4 is 15.5 Å². The van der Waals surface area contributed by atoms with Crippen LogP contribution in [-0.4, -0.2) is 86.4 Å². The first kappa shape index (κ1) is 58.7. The molecule has 382 valence electrons. The van der Waals surface area contributed by atoms with Crippen LogP contribution >= 0.6 is 0 Å². The number of alkyl halides is 17. The lowest BCUT2D eigenvalue weighted by Gasteiger charge is -2.44. The van der Waals surface area contributed by atoms with Crippen LogP contribution in [0.5, 0.6) is 5.75 Å². The third kappa shape index (κ3) is 12.2. The van der Waals surface area contributed by atoms with E-state index in [0.717, 1.165) is 18.2 Å². The number of hydroxylamine groups is 1. The van der Waals surface area contributed by atoms with Crippen LogP contribution in [0.15, 0.2) is 54.6 Å². The van der Waals surface area contributed by atoms with Gasteiger partial charge in [-0.3, -0.25) is 15.3 Å². The molecule has 67 heavy (non-hydrogen) atoms. The Morgan fingerprint density at radius 1 is 0.701 bits per heavy atom. The summed E-state index contributed by atoms with van der Waals surface area (Å²) in [5.74, 6) is -60.4. The Hall–Kier alpha value is -4.47. The van der Waals surface area contributed by atoms with Crippen LogP contribution in [0.4, 0.5) is 93.9 Å². The van der Waals surface area contributed by atoms with E-state index in [1.165, 1.54) is 63.5 Å². The van der Waals surface area contributed by atoms with Crippen molar-refractivity contribution in [2.75, 3.05) is 18.5 Å². The lowest BCUT2D eigenvalue weighted by atomic mass is 9.88. The van der Waals surface area contributed by atoms with Crippen molar-refractivity contribution in [1.82, 2.24) is 5.48 Å². The van der Waals surface area contributed by atoms with E-state index in [4.69, 9.17) is 19.1 Å². The highest BCUT2D eigenvalue weighted by Gasteiger charge is 2.95. The fourth-order valence-corrected chi connectivity index (χ4v) is 11.1. The molecule has 0 saturated heterocycles. The number of hydrogen-bond donors (Lipinski definition) is 3. The zero-order chi connectivity index (χ0) is 52.0. The Morgan fingerprint density at radius 2 is 1.21 bits per heavy atom. The maximum absolute atomic E-state index is 15.0. The lowest BCUT2D eigenvalue weighted by Crippen LogP contribution is -2.74. The van der Waals surface area contributed by atoms with Gasteiger partial charge in [0, 0.05) is 18.6 Å². The second-order valence-electron chi connectivity index (χ2n) is 15.7. The number of amides is 2. The SMILES string of the molecule is CC(C)[Si](CCC(F)(F)C(F)(F)C(F)(F)C(F)(F)C(F)(F)C(F)(F)C(F)(F)C(F)(F)F)(OCCOc1ccc([C@@H](OC(=O)Nc2ccc(F)cc2F)[C@H](C)CC/C=C/C(=O)NO)cc1)C(C)C. The lowest BCUT2D eigenvalue weighted by molar-refractivity contribution is -0.461. The number of carbonyl (C=O) groups is 2. The summed E-state index contributed by atoms with van der Waals surface area (Å²) in [6, 6.07) is 6.33. The largest absolute Gasteiger partial charge is 0.491 e. The maximum Gasteiger partial charge on any atom is 0.460 e. The summed E-state index contributed by atoms with van der Waals surface area (Å²) in [7, 11) is -4.06. The normalized spacial score (nSPS) is 15.0. The molecule has 0 fully saturated rings. The van der Waals surface area contributed by atoms with E-state index >= 15 is 0 Å². The molecule has 0 heterocycles. The van der Waals surface area contributed by atoms with Crippen LogP contribution in [0.2, 0.25) is 17.1 Å². The molecule has 2 aromatic rings. The first-order chi connectivity index (χ1) is 30.3. The summed E-state index contributed by atoms with van der Waals surface area (Å²) in [5.41, 5.74) is -0.600. The van der Waals surface area contributed by atoms with Gasteiger partial charge < -0.3 is 13.9 Å². The van der Waals surface area contributed by atoms with Gasteiger partial charge >= 0.3 is 53.7 Å². The molecule has 2 amide bonds. The standard InChI is InChI=1S/C39H43F19N2O6Si/c1-21(2)67(22(3)4,19-16-32(42,43)33(44,45)34(46,47)35(48,49)36(50,51)37(52,53)38(54,55)39(56,57)58)65-18-17-64-26-13-10-24(11-14-26)30(23(5)8-6-7-9-29(61)60-63)66-31(62)59-28-15-12-25(40)20-27(28)41/h7,9-15,20-23,30,63H,6,8,16-19H2,1-5H3,(H,59,62)(H,60,61)/b9-7+/t23-,30+/m1/s1. The molecule has 0 saturated carbocycles. The molecule has 0 spiro atoms. The summed E-state index contributed by atoms with van der Waals surface area (Å²) < 4.78 is 280. The van der Waals surface area contributed by atoms with E-state index in [2.05, 4.69) is 5.32 Å². The van der Waals surface area contributed by atoms with E-state index in [1.807, 2.05) is 0 Å². The van der Waals surface area contributed by atoms with Gasteiger partial charge in [0.25, 0.3) is 5.91 Å². The molecule has 0 aromatic heterocycles. The van der Waals surface area contributed by atoms with Crippen molar-refractivity contribution in [3.63, 3.8) is 0 Å². The average Bonchev–Trinajstić information content (AvgIpc) is 3.21. The summed E-state index contributed by atoms with van der Waals surface area (Å²) in [6.45, 7) is 5.70. The van der Waals surface area contributed by atoms with E-state index in [9.17, 15) is 93.0 Å². The molecule has 0 aliphatic rings. The first-order valence-electron chi connectivity index (χ1n) is 19.4. The van der Waals surface area contributed by atoms with Crippen molar-refractivity contribution in [2.24, 2.45) is 5.92 Å². The van der Waals surface area contributed by atoms with Gasteiger partial charge in [0.1, 0.15) is 30.1 Å². The Balaban J connectivity index is 2.30. The summed E-state index contributed by atoms with van der Waals surface area (Å²) in [5, 5.41) is 10.8. The average molecular weight is 1020 g/mol. The third-order valence-corrected chi connectivity index (χ3v) is 16.3. The zero-order valence-electron chi connectivity index (χ0n) is 35.4. The molecule has 0 radical (unpaired) electrons. The van der Waals surface area contributed by atoms with E-state index in [0.29, 0.717) is 11.6 Å². The Labute approximate surface area is 370 Å². The number of benzene rings is 2. The van der Waals surface area contributed by atoms with Crippen molar-refractivity contribution < 1.29 is 112 Å². The summed E-state index contributed by atoms with van der Waals surface area (Å²) >= 11 is 0. The molecule has 0 aliphatic carbocycles. The predicted octanol–water partition coefficient (Wildman–Crippen LogP) is 13.3. The van der Waals surface area contributed by atoms with Gasteiger partial charge in [-0.05, 0) is 65.7 Å².